The Bertz CT molecular complexity index is 1330. The Hall–Kier alpha value is -3.85. The lowest BCUT2D eigenvalue weighted by Crippen LogP contribution is -2.27. The third-order valence-corrected chi connectivity index (χ3v) is 5.90. The van der Waals surface area contributed by atoms with Crippen LogP contribution in [0.15, 0.2) is 59.0 Å². The third-order valence-electron chi connectivity index (χ3n) is 4.94. The maximum Gasteiger partial charge on any atom is 0.271 e. The van der Waals surface area contributed by atoms with Gasteiger partial charge in [-0.25, -0.2) is 4.98 Å². The molecule has 164 valence electrons. The Balaban J connectivity index is 1.57. The standard InChI is InChI=1S/C23H21N3O5S/c1-29-15-6-4-14(5-7-15)17-12-32-22-21(17)24-13-26(23(22)28)11-20(27)25-18-9-8-16(30-2)10-19(18)31-3/h4-10,12-13H,11H2,1-3H3,(H,25,27). The van der Waals surface area contributed by atoms with Gasteiger partial charge in [-0.05, 0) is 29.8 Å². The van der Waals surface area contributed by atoms with E-state index in [2.05, 4.69) is 10.3 Å². The van der Waals surface area contributed by atoms with E-state index in [1.165, 1.54) is 29.3 Å². The number of ether oxygens (including phenoxy) is 3. The fraction of sp³-hybridized carbons (Fsp3) is 0.174. The molecule has 1 N–H and O–H groups in total. The van der Waals surface area contributed by atoms with Crippen LogP contribution in [0.3, 0.4) is 0 Å². The van der Waals surface area contributed by atoms with Crippen LogP contribution < -0.4 is 25.1 Å². The van der Waals surface area contributed by atoms with Crippen LogP contribution in [0.1, 0.15) is 0 Å². The molecule has 0 aliphatic carbocycles. The molecule has 0 bridgehead atoms. The van der Waals surface area contributed by atoms with Crippen LogP contribution in [0.4, 0.5) is 5.69 Å². The van der Waals surface area contributed by atoms with Gasteiger partial charge in [0.15, 0.2) is 0 Å². The van der Waals surface area contributed by atoms with E-state index in [4.69, 9.17) is 14.2 Å². The number of carbonyl (C=O) groups excluding carboxylic acids is 1. The summed E-state index contributed by atoms with van der Waals surface area (Å²) in [6.45, 7) is -0.174. The van der Waals surface area contributed by atoms with Crippen molar-refractivity contribution in [1.29, 1.82) is 0 Å². The summed E-state index contributed by atoms with van der Waals surface area (Å²) in [4.78, 5) is 30.0. The van der Waals surface area contributed by atoms with Crippen LogP contribution in [0.2, 0.25) is 0 Å². The number of nitrogens with one attached hydrogen (secondary N) is 1. The molecule has 2 aromatic heterocycles. The summed E-state index contributed by atoms with van der Waals surface area (Å²) in [5.41, 5.74) is 2.63. The molecule has 0 fully saturated rings. The second-order valence-corrected chi connectivity index (χ2v) is 7.73. The maximum atomic E-state index is 13.0. The number of hydrogen-bond acceptors (Lipinski definition) is 7. The normalized spacial score (nSPS) is 10.7. The molecule has 4 rings (SSSR count). The number of carbonyl (C=O) groups is 1. The predicted octanol–water partition coefficient (Wildman–Crippen LogP) is 3.79. The van der Waals surface area contributed by atoms with Crippen molar-refractivity contribution in [2.24, 2.45) is 0 Å². The van der Waals surface area contributed by atoms with Crippen molar-refractivity contribution in [1.82, 2.24) is 9.55 Å². The molecule has 4 aromatic rings. The first-order valence-electron chi connectivity index (χ1n) is 9.67. The van der Waals surface area contributed by atoms with Gasteiger partial charge in [0.2, 0.25) is 5.91 Å². The zero-order chi connectivity index (χ0) is 22.7. The molecule has 0 radical (unpaired) electrons. The van der Waals surface area contributed by atoms with Gasteiger partial charge in [0, 0.05) is 17.0 Å². The molecule has 2 heterocycles. The first-order valence-corrected chi connectivity index (χ1v) is 10.5. The van der Waals surface area contributed by atoms with E-state index in [0.717, 1.165) is 16.9 Å². The number of methoxy groups -OCH3 is 3. The summed E-state index contributed by atoms with van der Waals surface area (Å²) in [6, 6.07) is 12.6. The molecule has 0 aliphatic rings. The molecule has 1 amide bonds. The lowest BCUT2D eigenvalue weighted by atomic mass is 10.1. The number of hydrogen-bond donors (Lipinski definition) is 1. The Morgan fingerprint density at radius 2 is 1.75 bits per heavy atom. The Morgan fingerprint density at radius 3 is 2.44 bits per heavy atom. The van der Waals surface area contributed by atoms with Gasteiger partial charge in [0.05, 0.1) is 38.9 Å². The first-order chi connectivity index (χ1) is 15.5. The topological polar surface area (TPSA) is 91.7 Å². The molecule has 0 unspecified atom stereocenters. The quantitative estimate of drug-likeness (QED) is 0.460. The SMILES string of the molecule is COc1ccc(-c2csc3c(=O)n(CC(=O)Nc4ccc(OC)cc4OC)cnc23)cc1. The minimum atomic E-state index is -0.372. The third kappa shape index (κ3) is 4.15. The minimum absolute atomic E-state index is 0.174. The van der Waals surface area contributed by atoms with Crippen LogP contribution in [-0.2, 0) is 11.3 Å². The summed E-state index contributed by atoms with van der Waals surface area (Å²) in [5.74, 6) is 1.45. The van der Waals surface area contributed by atoms with Crippen molar-refractivity contribution in [2.75, 3.05) is 26.6 Å². The van der Waals surface area contributed by atoms with Crippen molar-refractivity contribution in [3.63, 3.8) is 0 Å². The summed E-state index contributed by atoms with van der Waals surface area (Å²) in [5, 5.41) is 4.66. The van der Waals surface area contributed by atoms with Gasteiger partial charge in [-0.3, -0.25) is 14.2 Å². The van der Waals surface area contributed by atoms with Crippen molar-refractivity contribution in [3.05, 3.63) is 64.5 Å². The van der Waals surface area contributed by atoms with Gasteiger partial charge < -0.3 is 19.5 Å². The molecule has 9 heteroatoms. The molecule has 0 spiro atoms. The van der Waals surface area contributed by atoms with Gasteiger partial charge >= 0.3 is 0 Å². The van der Waals surface area contributed by atoms with Crippen molar-refractivity contribution in [3.8, 4) is 28.4 Å². The minimum Gasteiger partial charge on any atom is -0.497 e. The van der Waals surface area contributed by atoms with Gasteiger partial charge in [-0.15, -0.1) is 11.3 Å². The van der Waals surface area contributed by atoms with E-state index in [-0.39, 0.29) is 18.0 Å². The van der Waals surface area contributed by atoms with E-state index in [1.807, 2.05) is 29.6 Å². The van der Waals surface area contributed by atoms with E-state index in [0.29, 0.717) is 27.4 Å². The summed E-state index contributed by atoms with van der Waals surface area (Å²) >= 11 is 1.31. The zero-order valence-electron chi connectivity index (χ0n) is 17.7. The number of fused-ring (bicyclic) bond motifs is 1. The fourth-order valence-corrected chi connectivity index (χ4v) is 4.25. The average molecular weight is 452 g/mol. The lowest BCUT2D eigenvalue weighted by Gasteiger charge is -2.12. The van der Waals surface area contributed by atoms with Crippen molar-refractivity contribution >= 4 is 33.1 Å². The predicted molar refractivity (Wildman–Crippen MR) is 124 cm³/mol. The molecule has 8 nitrogen and oxygen atoms in total. The molecule has 0 saturated heterocycles. The van der Waals surface area contributed by atoms with Gasteiger partial charge in [0.1, 0.15) is 28.5 Å². The van der Waals surface area contributed by atoms with E-state index in [9.17, 15) is 9.59 Å². The second-order valence-electron chi connectivity index (χ2n) is 6.85. The second kappa shape index (κ2) is 9.11. The summed E-state index contributed by atoms with van der Waals surface area (Å²) < 4.78 is 17.4. The molecule has 0 saturated carbocycles. The first kappa shape index (κ1) is 21.4. The number of anilines is 1. The fourth-order valence-electron chi connectivity index (χ4n) is 3.28. The van der Waals surface area contributed by atoms with Crippen LogP contribution in [0.25, 0.3) is 21.3 Å². The Kier molecular flexibility index (Phi) is 6.09. The van der Waals surface area contributed by atoms with Gasteiger partial charge in [-0.2, -0.15) is 0 Å². The monoisotopic (exact) mass is 451 g/mol. The molecular weight excluding hydrogens is 430 g/mol. The number of thiophene rings is 1. The highest BCUT2D eigenvalue weighted by atomic mass is 32.1. The number of amides is 1. The molecule has 0 atom stereocenters. The largest absolute Gasteiger partial charge is 0.497 e. The van der Waals surface area contributed by atoms with Gasteiger partial charge in [-0.1, -0.05) is 12.1 Å². The van der Waals surface area contributed by atoms with Crippen molar-refractivity contribution < 1.29 is 19.0 Å². The summed E-state index contributed by atoms with van der Waals surface area (Å²) in [7, 11) is 4.66. The Morgan fingerprint density at radius 1 is 1.03 bits per heavy atom. The van der Waals surface area contributed by atoms with Gasteiger partial charge in [0.25, 0.3) is 5.56 Å². The lowest BCUT2D eigenvalue weighted by molar-refractivity contribution is -0.116. The number of nitrogens with zero attached hydrogens (tertiary/aromatic N) is 2. The number of benzene rings is 2. The molecule has 0 aliphatic heterocycles. The Labute approximate surface area is 188 Å². The zero-order valence-corrected chi connectivity index (χ0v) is 18.6. The number of rotatable bonds is 7. The van der Waals surface area contributed by atoms with E-state index >= 15 is 0 Å². The van der Waals surface area contributed by atoms with Crippen LogP contribution in [-0.4, -0.2) is 36.8 Å². The number of aromatic nitrogens is 2. The highest BCUT2D eigenvalue weighted by Gasteiger charge is 2.15. The molecule has 2 aromatic carbocycles. The molecule has 32 heavy (non-hydrogen) atoms. The maximum absolute atomic E-state index is 13.0. The average Bonchev–Trinajstić information content (AvgIpc) is 3.26. The van der Waals surface area contributed by atoms with E-state index in [1.54, 1.807) is 32.4 Å². The van der Waals surface area contributed by atoms with Crippen LogP contribution in [0, 0.1) is 0 Å². The smallest absolute Gasteiger partial charge is 0.271 e. The summed E-state index contributed by atoms with van der Waals surface area (Å²) in [6.07, 6.45) is 1.40. The highest BCUT2D eigenvalue weighted by Crippen LogP contribution is 2.32. The van der Waals surface area contributed by atoms with Crippen LogP contribution >= 0.6 is 11.3 Å². The van der Waals surface area contributed by atoms with Crippen LogP contribution in [0.5, 0.6) is 17.2 Å². The molecular formula is C23H21N3O5S. The van der Waals surface area contributed by atoms with Crippen molar-refractivity contribution in [2.45, 2.75) is 6.54 Å². The van der Waals surface area contributed by atoms with E-state index < -0.39 is 0 Å². The highest BCUT2D eigenvalue weighted by molar-refractivity contribution is 7.17.